The van der Waals surface area contributed by atoms with Gasteiger partial charge in [0.2, 0.25) is 0 Å². The topological polar surface area (TPSA) is 42.7 Å². The molecular weight excluding hydrogens is 266 g/mol. The minimum absolute atomic E-state index is 0.0294. The van der Waals surface area contributed by atoms with E-state index in [0.29, 0.717) is 12.3 Å². The molecule has 0 bridgehead atoms. The van der Waals surface area contributed by atoms with E-state index in [4.69, 9.17) is 9.15 Å². The third-order valence-electron chi connectivity index (χ3n) is 3.31. The second-order valence-electron chi connectivity index (χ2n) is 5.05. The van der Waals surface area contributed by atoms with Gasteiger partial charge in [0.25, 0.3) is 5.91 Å². The number of aryl methyl sites for hydroxylation is 2. The normalized spacial score (nSPS) is 10.4. The van der Waals surface area contributed by atoms with Crippen molar-refractivity contribution in [2.75, 3.05) is 13.7 Å². The number of likely N-dealkylation sites (N-methyl/N-ethyl adjacent to an activating group) is 1. The maximum atomic E-state index is 12.0. The quantitative estimate of drug-likeness (QED) is 0.819. The Labute approximate surface area is 125 Å². The van der Waals surface area contributed by atoms with Crippen molar-refractivity contribution in [3.05, 3.63) is 53.5 Å². The van der Waals surface area contributed by atoms with E-state index in [0.717, 1.165) is 17.9 Å². The van der Waals surface area contributed by atoms with Crippen LogP contribution in [-0.4, -0.2) is 24.5 Å². The van der Waals surface area contributed by atoms with Gasteiger partial charge in [-0.2, -0.15) is 0 Å². The van der Waals surface area contributed by atoms with Crippen LogP contribution >= 0.6 is 0 Å². The van der Waals surface area contributed by atoms with Crippen molar-refractivity contribution in [3.63, 3.8) is 0 Å². The van der Waals surface area contributed by atoms with Gasteiger partial charge in [0, 0.05) is 7.05 Å². The van der Waals surface area contributed by atoms with Crippen LogP contribution in [0.2, 0.25) is 0 Å². The zero-order valence-corrected chi connectivity index (χ0v) is 12.8. The third kappa shape index (κ3) is 4.38. The summed E-state index contributed by atoms with van der Waals surface area (Å²) in [6.07, 6.45) is 0.991. The van der Waals surface area contributed by atoms with Crippen LogP contribution < -0.4 is 4.74 Å². The van der Waals surface area contributed by atoms with E-state index in [1.54, 1.807) is 11.9 Å². The number of rotatable bonds is 6. The molecule has 0 unspecified atom stereocenters. The molecule has 0 N–H and O–H groups in total. The summed E-state index contributed by atoms with van der Waals surface area (Å²) in [5, 5.41) is 0. The SMILES string of the molecule is CCc1ccc(OCC(=O)N(C)Cc2ccc(C)o2)cc1. The summed E-state index contributed by atoms with van der Waals surface area (Å²) in [6, 6.07) is 11.6. The maximum absolute atomic E-state index is 12.0. The van der Waals surface area contributed by atoms with Crippen LogP contribution in [-0.2, 0) is 17.8 Å². The number of benzene rings is 1. The predicted molar refractivity (Wildman–Crippen MR) is 81.2 cm³/mol. The Morgan fingerprint density at radius 2 is 1.90 bits per heavy atom. The fourth-order valence-corrected chi connectivity index (χ4v) is 1.97. The zero-order chi connectivity index (χ0) is 15.2. The van der Waals surface area contributed by atoms with E-state index in [2.05, 4.69) is 6.92 Å². The van der Waals surface area contributed by atoms with Gasteiger partial charge in [0.05, 0.1) is 6.54 Å². The van der Waals surface area contributed by atoms with Gasteiger partial charge in [-0.15, -0.1) is 0 Å². The monoisotopic (exact) mass is 287 g/mol. The van der Waals surface area contributed by atoms with Gasteiger partial charge in [0.1, 0.15) is 17.3 Å². The first-order chi connectivity index (χ1) is 10.1. The molecule has 0 saturated carbocycles. The minimum Gasteiger partial charge on any atom is -0.484 e. The molecule has 0 saturated heterocycles. The molecule has 0 radical (unpaired) electrons. The van der Waals surface area contributed by atoms with Crippen molar-refractivity contribution in [1.29, 1.82) is 0 Å². The van der Waals surface area contributed by atoms with Crippen molar-refractivity contribution in [3.8, 4) is 5.75 Å². The molecule has 21 heavy (non-hydrogen) atoms. The Morgan fingerprint density at radius 3 is 2.48 bits per heavy atom. The smallest absolute Gasteiger partial charge is 0.260 e. The molecule has 0 aliphatic carbocycles. The predicted octanol–water partition coefficient (Wildman–Crippen LogP) is 3.19. The number of carbonyl (C=O) groups is 1. The lowest BCUT2D eigenvalue weighted by atomic mass is 10.2. The molecule has 112 valence electrons. The van der Waals surface area contributed by atoms with E-state index in [1.165, 1.54) is 5.56 Å². The molecular formula is C17H21NO3. The maximum Gasteiger partial charge on any atom is 0.260 e. The summed E-state index contributed by atoms with van der Waals surface area (Å²) in [7, 11) is 1.74. The van der Waals surface area contributed by atoms with Crippen LogP contribution in [0.25, 0.3) is 0 Å². The molecule has 1 heterocycles. The van der Waals surface area contributed by atoms with Gasteiger partial charge in [-0.1, -0.05) is 19.1 Å². The molecule has 0 fully saturated rings. The Hall–Kier alpha value is -2.23. The van der Waals surface area contributed by atoms with Crippen LogP contribution in [0.3, 0.4) is 0 Å². The second-order valence-corrected chi connectivity index (χ2v) is 5.05. The van der Waals surface area contributed by atoms with Gasteiger partial charge >= 0.3 is 0 Å². The molecule has 0 spiro atoms. The van der Waals surface area contributed by atoms with E-state index in [9.17, 15) is 4.79 Å². The van der Waals surface area contributed by atoms with Crippen molar-refractivity contribution in [2.45, 2.75) is 26.8 Å². The van der Waals surface area contributed by atoms with E-state index >= 15 is 0 Å². The van der Waals surface area contributed by atoms with Gasteiger partial charge in [-0.05, 0) is 43.2 Å². The second kappa shape index (κ2) is 6.97. The first-order valence-corrected chi connectivity index (χ1v) is 7.09. The number of nitrogens with zero attached hydrogens (tertiary/aromatic N) is 1. The average molecular weight is 287 g/mol. The molecule has 1 aromatic heterocycles. The van der Waals surface area contributed by atoms with Crippen molar-refractivity contribution in [1.82, 2.24) is 4.90 Å². The van der Waals surface area contributed by atoms with Crippen molar-refractivity contribution >= 4 is 5.91 Å². The molecule has 0 aliphatic rings. The van der Waals surface area contributed by atoms with Crippen LogP contribution in [0, 0.1) is 6.92 Å². The summed E-state index contributed by atoms with van der Waals surface area (Å²) in [5.41, 5.74) is 1.25. The summed E-state index contributed by atoms with van der Waals surface area (Å²) in [6.45, 7) is 4.46. The van der Waals surface area contributed by atoms with Crippen molar-refractivity contribution in [2.24, 2.45) is 0 Å². The van der Waals surface area contributed by atoms with Gasteiger partial charge < -0.3 is 14.1 Å². The first kappa shape index (κ1) is 15.2. The largest absolute Gasteiger partial charge is 0.484 e. The molecule has 2 rings (SSSR count). The lowest BCUT2D eigenvalue weighted by Gasteiger charge is -2.16. The minimum atomic E-state index is -0.0800. The third-order valence-corrected chi connectivity index (χ3v) is 3.31. The molecule has 0 aliphatic heterocycles. The summed E-state index contributed by atoms with van der Waals surface area (Å²) < 4.78 is 11.0. The van der Waals surface area contributed by atoms with Gasteiger partial charge in [0.15, 0.2) is 6.61 Å². The van der Waals surface area contributed by atoms with Crippen LogP contribution in [0.5, 0.6) is 5.75 Å². The Kier molecular flexibility index (Phi) is 5.04. The lowest BCUT2D eigenvalue weighted by molar-refractivity contribution is -0.132. The molecule has 2 aromatic rings. The van der Waals surface area contributed by atoms with E-state index in [1.807, 2.05) is 43.3 Å². The molecule has 1 aromatic carbocycles. The summed E-state index contributed by atoms with van der Waals surface area (Å²) in [4.78, 5) is 13.6. The number of furan rings is 1. The highest BCUT2D eigenvalue weighted by atomic mass is 16.5. The molecule has 4 heteroatoms. The lowest BCUT2D eigenvalue weighted by Crippen LogP contribution is -2.30. The Balaban J connectivity index is 1.82. The van der Waals surface area contributed by atoms with E-state index < -0.39 is 0 Å². The number of amides is 1. The zero-order valence-electron chi connectivity index (χ0n) is 12.8. The van der Waals surface area contributed by atoms with Gasteiger partial charge in [-0.3, -0.25) is 4.79 Å². The highest BCUT2D eigenvalue weighted by molar-refractivity contribution is 5.77. The first-order valence-electron chi connectivity index (χ1n) is 7.09. The number of ether oxygens (including phenoxy) is 1. The Morgan fingerprint density at radius 1 is 1.19 bits per heavy atom. The van der Waals surface area contributed by atoms with Gasteiger partial charge in [-0.25, -0.2) is 0 Å². The van der Waals surface area contributed by atoms with Crippen molar-refractivity contribution < 1.29 is 13.9 Å². The Bertz CT molecular complexity index is 586. The molecule has 1 amide bonds. The number of carbonyl (C=O) groups excluding carboxylic acids is 1. The van der Waals surface area contributed by atoms with Crippen LogP contribution in [0.15, 0.2) is 40.8 Å². The van der Waals surface area contributed by atoms with E-state index in [-0.39, 0.29) is 12.5 Å². The fraction of sp³-hybridized carbons (Fsp3) is 0.353. The summed E-state index contributed by atoms with van der Waals surface area (Å²) in [5.74, 6) is 2.25. The highest BCUT2D eigenvalue weighted by Gasteiger charge is 2.12. The van der Waals surface area contributed by atoms with Crippen LogP contribution in [0.1, 0.15) is 24.0 Å². The standard InChI is InChI=1S/C17H21NO3/c1-4-14-6-9-15(10-7-14)20-12-17(19)18(3)11-16-8-5-13(2)21-16/h5-10H,4,11-12H2,1-3H3. The molecule has 0 atom stereocenters. The number of hydrogen-bond acceptors (Lipinski definition) is 3. The average Bonchev–Trinajstić information content (AvgIpc) is 2.90. The molecule has 4 nitrogen and oxygen atoms in total. The number of hydrogen-bond donors (Lipinski definition) is 0. The fourth-order valence-electron chi connectivity index (χ4n) is 1.97. The summed E-state index contributed by atoms with van der Waals surface area (Å²) >= 11 is 0. The van der Waals surface area contributed by atoms with Crippen LogP contribution in [0.4, 0.5) is 0 Å². The highest BCUT2D eigenvalue weighted by Crippen LogP contribution is 2.13.